The summed E-state index contributed by atoms with van der Waals surface area (Å²) in [5.41, 5.74) is 18.1. The second-order valence-electron chi connectivity index (χ2n) is 5.04. The topological polar surface area (TPSA) is 91.0 Å². The molecule has 3 rings (SSSR count). The van der Waals surface area contributed by atoms with Crippen molar-refractivity contribution in [2.24, 2.45) is 11.5 Å². The number of thiocarbonyl (C=S) groups is 1. The molecule has 7 heteroatoms. The highest BCUT2D eigenvalue weighted by atomic mass is 35.5. The van der Waals surface area contributed by atoms with E-state index in [1.807, 2.05) is 53.9 Å². The zero-order chi connectivity index (χ0) is 19.9. The van der Waals surface area contributed by atoms with E-state index < -0.39 is 0 Å². The predicted molar refractivity (Wildman–Crippen MR) is 121 cm³/mol. The number of aromatic nitrogens is 1. The van der Waals surface area contributed by atoms with Gasteiger partial charge in [-0.15, -0.1) is 22.9 Å². The van der Waals surface area contributed by atoms with E-state index in [0.29, 0.717) is 11.0 Å². The molecule has 1 aromatic heterocycles. The van der Waals surface area contributed by atoms with E-state index in [0.717, 1.165) is 17.7 Å². The van der Waals surface area contributed by atoms with Crippen molar-refractivity contribution >= 4 is 45.4 Å². The SMILES string of the molecule is ClCC#Cc1ccccc1.NC(N)=S.Nc1nc(Cc2ccccc2)cs1. The second kappa shape index (κ2) is 13.6. The van der Waals surface area contributed by atoms with Crippen molar-refractivity contribution in [2.75, 3.05) is 11.6 Å². The number of benzene rings is 2. The summed E-state index contributed by atoms with van der Waals surface area (Å²) in [7, 11) is 0. The highest BCUT2D eigenvalue weighted by Gasteiger charge is 1.99. The van der Waals surface area contributed by atoms with Crippen molar-refractivity contribution in [3.8, 4) is 11.8 Å². The van der Waals surface area contributed by atoms with Crippen LogP contribution in [-0.4, -0.2) is 16.0 Å². The Bertz CT molecular complexity index is 852. The first kappa shape index (κ1) is 22.5. The minimum absolute atomic E-state index is 0.000000000000000222. The van der Waals surface area contributed by atoms with Crippen LogP contribution in [-0.2, 0) is 6.42 Å². The van der Waals surface area contributed by atoms with Gasteiger partial charge in [0.1, 0.15) is 0 Å². The lowest BCUT2D eigenvalue weighted by atomic mass is 10.1. The highest BCUT2D eigenvalue weighted by molar-refractivity contribution is 7.80. The van der Waals surface area contributed by atoms with Crippen molar-refractivity contribution < 1.29 is 0 Å². The molecule has 2 aromatic carbocycles. The van der Waals surface area contributed by atoms with E-state index in [9.17, 15) is 0 Å². The van der Waals surface area contributed by atoms with Crippen LogP contribution in [0.2, 0.25) is 0 Å². The van der Waals surface area contributed by atoms with Crippen molar-refractivity contribution in [3.63, 3.8) is 0 Å². The van der Waals surface area contributed by atoms with Crippen LogP contribution in [0.4, 0.5) is 5.13 Å². The van der Waals surface area contributed by atoms with E-state index in [4.69, 9.17) is 17.3 Å². The molecule has 0 radical (unpaired) electrons. The van der Waals surface area contributed by atoms with Gasteiger partial charge in [-0.05, 0) is 29.9 Å². The fraction of sp³-hybridized carbons (Fsp3) is 0.100. The van der Waals surface area contributed by atoms with Crippen LogP contribution in [0.5, 0.6) is 0 Å². The maximum Gasteiger partial charge on any atom is 0.180 e. The third-order valence-electron chi connectivity index (χ3n) is 2.87. The molecule has 3 aromatic rings. The minimum atomic E-state index is 0.000000000000000222. The number of halogens is 1. The van der Waals surface area contributed by atoms with Gasteiger partial charge in [0.05, 0.1) is 11.6 Å². The Morgan fingerprint density at radius 1 is 1.04 bits per heavy atom. The maximum absolute atomic E-state index is 5.54. The fourth-order valence-electron chi connectivity index (χ4n) is 1.87. The van der Waals surface area contributed by atoms with E-state index >= 15 is 0 Å². The van der Waals surface area contributed by atoms with Crippen LogP contribution >= 0.6 is 35.2 Å². The number of thiazole rings is 1. The number of nitrogen functional groups attached to an aromatic ring is 1. The molecule has 0 saturated carbocycles. The van der Waals surface area contributed by atoms with Crippen LogP contribution in [0, 0.1) is 11.8 Å². The lowest BCUT2D eigenvalue weighted by molar-refractivity contribution is 1.11. The Balaban J connectivity index is 0.000000232. The first-order valence-electron chi connectivity index (χ1n) is 7.90. The molecule has 0 aliphatic carbocycles. The van der Waals surface area contributed by atoms with Gasteiger partial charge in [0.25, 0.3) is 0 Å². The van der Waals surface area contributed by atoms with E-state index in [1.54, 1.807) is 0 Å². The smallest absolute Gasteiger partial charge is 0.180 e. The van der Waals surface area contributed by atoms with Crippen LogP contribution in [0.15, 0.2) is 66.0 Å². The molecule has 0 unspecified atom stereocenters. The number of nitrogens with two attached hydrogens (primary N) is 3. The Kier molecular flexibility index (Phi) is 11.3. The van der Waals surface area contributed by atoms with Gasteiger partial charge < -0.3 is 17.2 Å². The summed E-state index contributed by atoms with van der Waals surface area (Å²) < 4.78 is 0. The third kappa shape index (κ3) is 11.6. The minimum Gasteiger partial charge on any atom is -0.377 e. The van der Waals surface area contributed by atoms with Gasteiger partial charge in [-0.25, -0.2) is 4.98 Å². The molecule has 1 heterocycles. The zero-order valence-electron chi connectivity index (χ0n) is 14.6. The normalized spacial score (nSPS) is 8.78. The molecule has 0 aliphatic heterocycles. The molecule has 27 heavy (non-hydrogen) atoms. The van der Waals surface area contributed by atoms with Crippen LogP contribution in [0.25, 0.3) is 0 Å². The maximum atomic E-state index is 5.54. The summed E-state index contributed by atoms with van der Waals surface area (Å²) in [5, 5.41) is 2.65. The first-order valence-corrected chi connectivity index (χ1v) is 9.72. The molecule has 140 valence electrons. The monoisotopic (exact) mass is 416 g/mol. The van der Waals surface area contributed by atoms with E-state index in [2.05, 4.69) is 52.6 Å². The van der Waals surface area contributed by atoms with Crippen molar-refractivity contribution in [2.45, 2.75) is 6.42 Å². The lowest BCUT2D eigenvalue weighted by Crippen LogP contribution is -2.18. The van der Waals surface area contributed by atoms with Crippen molar-refractivity contribution in [1.82, 2.24) is 4.98 Å². The molecule has 0 atom stereocenters. The zero-order valence-corrected chi connectivity index (χ0v) is 17.0. The van der Waals surface area contributed by atoms with Gasteiger partial charge in [0, 0.05) is 17.4 Å². The summed E-state index contributed by atoms with van der Waals surface area (Å²) in [6.07, 6.45) is 0.870. The predicted octanol–water partition coefficient (Wildman–Crippen LogP) is 3.78. The molecule has 0 fully saturated rings. The number of anilines is 1. The summed E-state index contributed by atoms with van der Waals surface area (Å²) in [5.74, 6) is 6.09. The molecule has 0 saturated heterocycles. The van der Waals surface area contributed by atoms with E-state index in [-0.39, 0.29) is 5.11 Å². The van der Waals surface area contributed by atoms with E-state index in [1.165, 1.54) is 16.9 Å². The van der Waals surface area contributed by atoms with Gasteiger partial charge in [-0.3, -0.25) is 0 Å². The Morgan fingerprint density at radius 2 is 1.59 bits per heavy atom. The number of nitrogens with zero attached hydrogens (tertiary/aromatic N) is 1. The Labute approximate surface area is 174 Å². The highest BCUT2D eigenvalue weighted by Crippen LogP contribution is 2.14. The molecule has 4 nitrogen and oxygen atoms in total. The van der Waals surface area contributed by atoms with Crippen molar-refractivity contribution in [3.05, 3.63) is 82.9 Å². The summed E-state index contributed by atoms with van der Waals surface area (Å²) in [6.45, 7) is 0. The molecule has 0 spiro atoms. The number of hydrogen-bond acceptors (Lipinski definition) is 4. The van der Waals surface area contributed by atoms with Gasteiger partial charge in [0.15, 0.2) is 10.2 Å². The number of hydrogen-bond donors (Lipinski definition) is 3. The molecular formula is C20H21ClN4S2. The third-order valence-corrected chi connectivity index (χ3v) is 3.73. The molecule has 0 amide bonds. The fourth-order valence-corrected chi connectivity index (χ4v) is 2.50. The van der Waals surface area contributed by atoms with Crippen molar-refractivity contribution in [1.29, 1.82) is 0 Å². The molecule has 0 aliphatic rings. The first-order chi connectivity index (χ1) is 13.0. The van der Waals surface area contributed by atoms with Crippen LogP contribution < -0.4 is 17.2 Å². The Morgan fingerprint density at radius 3 is 2.07 bits per heavy atom. The quantitative estimate of drug-likeness (QED) is 0.336. The summed E-state index contributed by atoms with van der Waals surface area (Å²) in [4.78, 5) is 4.20. The average molecular weight is 417 g/mol. The summed E-state index contributed by atoms with van der Waals surface area (Å²) >= 11 is 11.0. The Hall–Kier alpha value is -2.59. The number of rotatable bonds is 2. The van der Waals surface area contributed by atoms with Gasteiger partial charge in [0.2, 0.25) is 0 Å². The standard InChI is InChI=1S/C10H10N2S.C9H7Cl.CH4N2S/c11-10-12-9(7-13-10)6-8-4-2-1-3-5-8;10-8-4-7-9-5-2-1-3-6-9;2-1(3)4/h1-5,7H,6H2,(H2,11,12);1-3,5-6H,8H2;(H4,2,3,4). The van der Waals surface area contributed by atoms with Crippen LogP contribution in [0.3, 0.4) is 0 Å². The largest absolute Gasteiger partial charge is 0.377 e. The van der Waals surface area contributed by atoms with Crippen LogP contribution in [0.1, 0.15) is 16.8 Å². The molecule has 6 N–H and O–H groups in total. The molecular weight excluding hydrogens is 396 g/mol. The summed E-state index contributed by atoms with van der Waals surface area (Å²) in [6, 6.07) is 20.1. The van der Waals surface area contributed by atoms with Gasteiger partial charge >= 0.3 is 0 Å². The van der Waals surface area contributed by atoms with Gasteiger partial charge in [-0.1, -0.05) is 60.4 Å². The molecule has 0 bridgehead atoms. The lowest BCUT2D eigenvalue weighted by Gasteiger charge is -1.95. The second-order valence-corrected chi connectivity index (χ2v) is 6.67. The average Bonchev–Trinajstić information content (AvgIpc) is 3.06. The van der Waals surface area contributed by atoms with Gasteiger partial charge in [-0.2, -0.15) is 0 Å². The number of alkyl halides is 1.